The van der Waals surface area contributed by atoms with Crippen molar-refractivity contribution in [2.24, 2.45) is 0 Å². The van der Waals surface area contributed by atoms with Crippen LogP contribution < -0.4 is 0 Å². The molecule has 0 unspecified atom stereocenters. The fraction of sp³-hybridized carbons (Fsp3) is 0. The molecule has 0 radical (unpaired) electrons. The summed E-state index contributed by atoms with van der Waals surface area (Å²) >= 11 is 0. The Balaban J connectivity index is 2.12. The Labute approximate surface area is 164 Å². The monoisotopic (exact) mass is 364 g/mol. The van der Waals surface area contributed by atoms with Gasteiger partial charge in [0, 0.05) is 11.1 Å². The van der Waals surface area contributed by atoms with E-state index in [0.29, 0.717) is 0 Å². The molecule has 0 aromatic heterocycles. The summed E-state index contributed by atoms with van der Waals surface area (Å²) in [7, 11) is 0. The van der Waals surface area contributed by atoms with Crippen molar-refractivity contribution >= 4 is 11.1 Å². The molecule has 0 saturated heterocycles. The molecule has 4 rings (SSSR count). The summed E-state index contributed by atoms with van der Waals surface area (Å²) in [5, 5.41) is 20.4. The molecule has 2 heteroatoms. The smallest absolute Gasteiger partial charge is 0.123 e. The third kappa shape index (κ3) is 3.53. The van der Waals surface area contributed by atoms with Crippen molar-refractivity contribution < 1.29 is 10.2 Å². The predicted molar refractivity (Wildman–Crippen MR) is 114 cm³/mol. The molecule has 28 heavy (non-hydrogen) atoms. The lowest BCUT2D eigenvalue weighted by Gasteiger charge is -2.18. The molecule has 0 spiro atoms. The molecule has 0 atom stereocenters. The number of rotatable bonds is 4. The van der Waals surface area contributed by atoms with Gasteiger partial charge in [-0.15, -0.1) is 0 Å². The first-order valence-electron chi connectivity index (χ1n) is 9.17. The average molecular weight is 364 g/mol. The number of benzene rings is 4. The van der Waals surface area contributed by atoms with E-state index in [-0.39, 0.29) is 11.5 Å². The molecule has 4 aromatic rings. The van der Waals surface area contributed by atoms with E-state index in [2.05, 4.69) is 24.3 Å². The zero-order chi connectivity index (χ0) is 19.3. The Morgan fingerprint density at radius 3 is 1.43 bits per heavy atom. The van der Waals surface area contributed by atoms with Crippen LogP contribution in [0.25, 0.3) is 11.1 Å². The molecule has 0 fully saturated rings. The summed E-state index contributed by atoms with van der Waals surface area (Å²) in [6, 6.07) is 34.8. The van der Waals surface area contributed by atoms with Gasteiger partial charge in [0.05, 0.1) is 0 Å². The molecule has 0 bridgehead atoms. The standard InChI is InChI=1S/C26H20O2/c27-22-17-15-21(16-18-22)26(23-13-7-8-14-24(23)28)25(19-9-3-1-4-10-19)20-11-5-2-6-12-20/h1-18,27-28H. The summed E-state index contributed by atoms with van der Waals surface area (Å²) in [4.78, 5) is 0. The maximum atomic E-state index is 10.7. The normalized spacial score (nSPS) is 10.4. The number of para-hydroxylation sites is 1. The van der Waals surface area contributed by atoms with E-state index in [1.807, 2.05) is 66.7 Å². The van der Waals surface area contributed by atoms with Gasteiger partial charge in [0.2, 0.25) is 0 Å². The second-order valence-electron chi connectivity index (χ2n) is 6.55. The average Bonchev–Trinajstić information content (AvgIpc) is 2.75. The lowest BCUT2D eigenvalue weighted by Crippen LogP contribution is -1.97. The second-order valence-corrected chi connectivity index (χ2v) is 6.55. The Morgan fingerprint density at radius 2 is 0.893 bits per heavy atom. The first-order valence-corrected chi connectivity index (χ1v) is 9.17. The second kappa shape index (κ2) is 7.85. The maximum Gasteiger partial charge on any atom is 0.123 e. The molecular weight excluding hydrogens is 344 g/mol. The number of hydrogen-bond donors (Lipinski definition) is 2. The highest BCUT2D eigenvalue weighted by Gasteiger charge is 2.18. The fourth-order valence-electron chi connectivity index (χ4n) is 3.41. The summed E-state index contributed by atoms with van der Waals surface area (Å²) < 4.78 is 0. The highest BCUT2D eigenvalue weighted by molar-refractivity contribution is 6.05. The minimum Gasteiger partial charge on any atom is -0.508 e. The van der Waals surface area contributed by atoms with Crippen molar-refractivity contribution in [3.05, 3.63) is 131 Å². The number of aromatic hydroxyl groups is 2. The van der Waals surface area contributed by atoms with E-state index in [4.69, 9.17) is 0 Å². The lowest BCUT2D eigenvalue weighted by molar-refractivity contribution is 0.473. The summed E-state index contributed by atoms with van der Waals surface area (Å²) in [6.45, 7) is 0. The van der Waals surface area contributed by atoms with Gasteiger partial charge in [0.15, 0.2) is 0 Å². The maximum absolute atomic E-state index is 10.7. The van der Waals surface area contributed by atoms with Gasteiger partial charge in [-0.2, -0.15) is 0 Å². The van der Waals surface area contributed by atoms with Gasteiger partial charge in [-0.25, -0.2) is 0 Å². The van der Waals surface area contributed by atoms with E-state index >= 15 is 0 Å². The van der Waals surface area contributed by atoms with Crippen LogP contribution in [-0.2, 0) is 0 Å². The highest BCUT2D eigenvalue weighted by Crippen LogP contribution is 2.40. The third-order valence-corrected chi connectivity index (χ3v) is 4.70. The molecule has 2 N–H and O–H groups in total. The van der Waals surface area contributed by atoms with E-state index in [1.165, 1.54) is 0 Å². The van der Waals surface area contributed by atoms with Gasteiger partial charge in [-0.3, -0.25) is 0 Å². The summed E-state index contributed by atoms with van der Waals surface area (Å²) in [6.07, 6.45) is 0. The van der Waals surface area contributed by atoms with Gasteiger partial charge in [-0.05, 0) is 40.5 Å². The Bertz CT molecular complexity index is 1050. The zero-order valence-electron chi connectivity index (χ0n) is 15.3. The van der Waals surface area contributed by atoms with Gasteiger partial charge < -0.3 is 10.2 Å². The molecule has 4 aromatic carbocycles. The zero-order valence-corrected chi connectivity index (χ0v) is 15.3. The quantitative estimate of drug-likeness (QED) is 0.429. The number of hydrogen-bond acceptors (Lipinski definition) is 2. The third-order valence-electron chi connectivity index (χ3n) is 4.70. The molecule has 0 saturated carbocycles. The van der Waals surface area contributed by atoms with Crippen LogP contribution >= 0.6 is 0 Å². The van der Waals surface area contributed by atoms with Gasteiger partial charge in [-0.1, -0.05) is 91.0 Å². The van der Waals surface area contributed by atoms with Crippen LogP contribution in [0.4, 0.5) is 0 Å². The van der Waals surface area contributed by atoms with Crippen LogP contribution in [0.5, 0.6) is 11.5 Å². The van der Waals surface area contributed by atoms with Crippen molar-refractivity contribution in [1.82, 2.24) is 0 Å². The molecule has 0 aliphatic heterocycles. The predicted octanol–water partition coefficient (Wildman–Crippen LogP) is 6.11. The molecule has 0 amide bonds. The Kier molecular flexibility index (Phi) is 4.94. The highest BCUT2D eigenvalue weighted by atomic mass is 16.3. The first-order chi connectivity index (χ1) is 13.7. The molecule has 0 aliphatic carbocycles. The van der Waals surface area contributed by atoms with E-state index in [9.17, 15) is 10.2 Å². The van der Waals surface area contributed by atoms with E-state index < -0.39 is 0 Å². The molecule has 0 heterocycles. The van der Waals surface area contributed by atoms with Gasteiger partial charge >= 0.3 is 0 Å². The van der Waals surface area contributed by atoms with Crippen LogP contribution in [0.15, 0.2) is 109 Å². The topological polar surface area (TPSA) is 40.5 Å². The van der Waals surface area contributed by atoms with Crippen LogP contribution in [0.2, 0.25) is 0 Å². The van der Waals surface area contributed by atoms with Crippen molar-refractivity contribution in [2.45, 2.75) is 0 Å². The van der Waals surface area contributed by atoms with E-state index in [0.717, 1.165) is 33.4 Å². The van der Waals surface area contributed by atoms with Crippen molar-refractivity contribution in [3.63, 3.8) is 0 Å². The van der Waals surface area contributed by atoms with E-state index in [1.54, 1.807) is 18.2 Å². The molecule has 0 aliphatic rings. The SMILES string of the molecule is Oc1ccc(C(=C(c2ccccc2)c2ccccc2)c2ccccc2O)cc1. The Morgan fingerprint density at radius 1 is 0.429 bits per heavy atom. The molecule has 2 nitrogen and oxygen atoms in total. The largest absolute Gasteiger partial charge is 0.508 e. The van der Waals surface area contributed by atoms with Crippen LogP contribution in [0, 0.1) is 0 Å². The molecule has 136 valence electrons. The van der Waals surface area contributed by atoms with Gasteiger partial charge in [0.1, 0.15) is 11.5 Å². The molecular formula is C26H20O2. The number of phenols is 2. The van der Waals surface area contributed by atoms with Crippen LogP contribution in [0.3, 0.4) is 0 Å². The van der Waals surface area contributed by atoms with Crippen molar-refractivity contribution in [1.29, 1.82) is 0 Å². The first kappa shape index (κ1) is 17.6. The minimum absolute atomic E-state index is 0.210. The minimum atomic E-state index is 0.210. The Hall–Kier alpha value is -3.78. The lowest BCUT2D eigenvalue weighted by atomic mass is 9.85. The summed E-state index contributed by atoms with van der Waals surface area (Å²) in [5.74, 6) is 0.427. The fourth-order valence-corrected chi connectivity index (χ4v) is 3.41. The van der Waals surface area contributed by atoms with Crippen LogP contribution in [-0.4, -0.2) is 10.2 Å². The van der Waals surface area contributed by atoms with Crippen molar-refractivity contribution in [3.8, 4) is 11.5 Å². The van der Waals surface area contributed by atoms with Crippen molar-refractivity contribution in [2.75, 3.05) is 0 Å². The summed E-state index contributed by atoms with van der Waals surface area (Å²) in [5.41, 5.74) is 5.71. The number of phenolic OH excluding ortho intramolecular Hbond substituents is 2. The van der Waals surface area contributed by atoms with Gasteiger partial charge in [0.25, 0.3) is 0 Å². The van der Waals surface area contributed by atoms with Crippen LogP contribution in [0.1, 0.15) is 22.3 Å².